The van der Waals surface area contributed by atoms with E-state index in [1.54, 1.807) is 6.20 Å². The predicted molar refractivity (Wildman–Crippen MR) is 111 cm³/mol. The molecule has 0 aliphatic carbocycles. The molecule has 0 radical (unpaired) electrons. The third-order valence-electron chi connectivity index (χ3n) is 4.69. The van der Waals surface area contributed by atoms with Gasteiger partial charge in [-0.3, -0.25) is 4.79 Å². The second-order valence-corrected chi connectivity index (χ2v) is 6.95. The zero-order chi connectivity index (χ0) is 20.1. The lowest BCUT2D eigenvalue weighted by atomic mass is 10.1. The Bertz CT molecular complexity index is 1020. The van der Waals surface area contributed by atoms with E-state index < -0.39 is 0 Å². The number of rotatable bonds is 6. The van der Waals surface area contributed by atoms with Gasteiger partial charge in [0.1, 0.15) is 19.0 Å². The van der Waals surface area contributed by atoms with Gasteiger partial charge in [-0.1, -0.05) is 18.2 Å². The van der Waals surface area contributed by atoms with Crippen molar-refractivity contribution in [2.45, 2.75) is 26.2 Å². The topological polar surface area (TPSA) is 73.3 Å². The number of nitrogens with zero attached hydrogens (tertiary/aromatic N) is 2. The highest BCUT2D eigenvalue weighted by Gasteiger charge is 2.12. The van der Waals surface area contributed by atoms with E-state index in [2.05, 4.69) is 15.3 Å². The molecule has 1 amide bonds. The number of benzene rings is 2. The summed E-state index contributed by atoms with van der Waals surface area (Å²) in [7, 11) is 0. The molecule has 148 valence electrons. The van der Waals surface area contributed by atoms with Gasteiger partial charge in [0, 0.05) is 23.9 Å². The maximum atomic E-state index is 12.4. The number of nitrogens with one attached hydrogen (secondary N) is 1. The van der Waals surface area contributed by atoms with Gasteiger partial charge in [-0.15, -0.1) is 0 Å². The highest BCUT2D eigenvalue weighted by Crippen LogP contribution is 2.31. The Morgan fingerprint density at radius 3 is 2.79 bits per heavy atom. The monoisotopic (exact) mass is 389 g/mol. The summed E-state index contributed by atoms with van der Waals surface area (Å²) < 4.78 is 11.2. The fourth-order valence-corrected chi connectivity index (χ4v) is 3.29. The summed E-state index contributed by atoms with van der Waals surface area (Å²) in [6.07, 6.45) is 3.76. The molecule has 2 heterocycles. The van der Waals surface area contributed by atoms with Crippen LogP contribution in [0.4, 0.5) is 5.69 Å². The normalized spacial score (nSPS) is 12.4. The minimum absolute atomic E-state index is 0.00133. The van der Waals surface area contributed by atoms with E-state index in [0.29, 0.717) is 19.6 Å². The fraction of sp³-hybridized carbons (Fsp3) is 0.261. The first-order valence-corrected chi connectivity index (χ1v) is 9.76. The number of carbonyl (C=O) groups is 1. The Hall–Kier alpha value is -3.41. The number of aromatic nitrogens is 2. The Labute approximate surface area is 169 Å². The molecule has 6 heteroatoms. The van der Waals surface area contributed by atoms with Crippen LogP contribution in [0.25, 0.3) is 11.3 Å². The van der Waals surface area contributed by atoms with Crippen LogP contribution in [0.1, 0.15) is 24.2 Å². The molecule has 1 aromatic heterocycles. The van der Waals surface area contributed by atoms with E-state index in [1.165, 1.54) is 0 Å². The van der Waals surface area contributed by atoms with Gasteiger partial charge in [0.05, 0.1) is 5.69 Å². The van der Waals surface area contributed by atoms with Crippen LogP contribution >= 0.6 is 0 Å². The first-order valence-electron chi connectivity index (χ1n) is 9.76. The molecule has 29 heavy (non-hydrogen) atoms. The van der Waals surface area contributed by atoms with E-state index >= 15 is 0 Å². The summed E-state index contributed by atoms with van der Waals surface area (Å²) in [5.41, 5.74) is 3.70. The highest BCUT2D eigenvalue weighted by atomic mass is 16.6. The molecule has 0 fully saturated rings. The molecule has 6 nitrogen and oxygen atoms in total. The molecule has 0 saturated carbocycles. The minimum atomic E-state index is -0.00133. The second kappa shape index (κ2) is 8.73. The maximum Gasteiger partial charge on any atom is 0.224 e. The molecular weight excluding hydrogens is 366 g/mol. The number of fused-ring (bicyclic) bond motifs is 1. The summed E-state index contributed by atoms with van der Waals surface area (Å²) in [6.45, 7) is 3.02. The van der Waals surface area contributed by atoms with Crippen LogP contribution in [0.3, 0.4) is 0 Å². The smallest absolute Gasteiger partial charge is 0.224 e. The molecular formula is C23H23N3O3. The van der Waals surface area contributed by atoms with Crippen LogP contribution in [-0.2, 0) is 11.2 Å². The molecule has 0 unspecified atom stereocenters. The molecule has 1 aliphatic heterocycles. The summed E-state index contributed by atoms with van der Waals surface area (Å²) in [6, 6.07) is 15.5. The quantitative estimate of drug-likeness (QED) is 0.684. The van der Waals surface area contributed by atoms with Gasteiger partial charge in [-0.25, -0.2) is 9.97 Å². The first kappa shape index (κ1) is 18.9. The summed E-state index contributed by atoms with van der Waals surface area (Å²) in [5.74, 6) is 2.29. The number of carbonyl (C=O) groups excluding carboxylic acids is 1. The van der Waals surface area contributed by atoms with Gasteiger partial charge in [0.25, 0.3) is 0 Å². The van der Waals surface area contributed by atoms with Crippen molar-refractivity contribution in [3.63, 3.8) is 0 Å². The van der Waals surface area contributed by atoms with Crippen molar-refractivity contribution in [2.75, 3.05) is 18.5 Å². The maximum absolute atomic E-state index is 12.4. The molecule has 2 aromatic carbocycles. The second-order valence-electron chi connectivity index (χ2n) is 6.95. The van der Waals surface area contributed by atoms with Crippen LogP contribution in [0.15, 0.2) is 54.7 Å². The molecule has 1 N–H and O–H groups in total. The Balaban J connectivity index is 1.31. The van der Waals surface area contributed by atoms with E-state index in [-0.39, 0.29) is 5.91 Å². The van der Waals surface area contributed by atoms with Crippen molar-refractivity contribution in [1.82, 2.24) is 9.97 Å². The Kier molecular flexibility index (Phi) is 5.70. The minimum Gasteiger partial charge on any atom is -0.486 e. The van der Waals surface area contributed by atoms with Crippen molar-refractivity contribution in [3.8, 4) is 22.8 Å². The Morgan fingerprint density at radius 1 is 1.07 bits per heavy atom. The lowest BCUT2D eigenvalue weighted by Gasteiger charge is -2.18. The van der Waals surface area contributed by atoms with Crippen molar-refractivity contribution in [1.29, 1.82) is 0 Å². The van der Waals surface area contributed by atoms with Gasteiger partial charge in [-0.2, -0.15) is 0 Å². The molecule has 4 rings (SSSR count). The standard InChI is InChI=1S/C23H23N3O3/c1-16-24-11-10-20(25-16)18-5-3-6-19(15-18)26-23(27)7-2-4-17-8-9-21-22(14-17)29-13-12-28-21/h3,5-6,8-11,14-15H,2,4,7,12-13H2,1H3,(H,26,27). The first-order chi connectivity index (χ1) is 14.2. The third-order valence-corrected chi connectivity index (χ3v) is 4.69. The zero-order valence-corrected chi connectivity index (χ0v) is 16.4. The number of aryl methyl sites for hydroxylation is 2. The predicted octanol–water partition coefficient (Wildman–Crippen LogP) is 4.18. The van der Waals surface area contributed by atoms with E-state index in [1.807, 2.05) is 55.5 Å². The van der Waals surface area contributed by atoms with Gasteiger partial charge in [-0.05, 0) is 55.7 Å². The summed E-state index contributed by atoms with van der Waals surface area (Å²) >= 11 is 0. The molecule has 1 aliphatic rings. The van der Waals surface area contributed by atoms with Crippen molar-refractivity contribution in [3.05, 3.63) is 66.1 Å². The van der Waals surface area contributed by atoms with E-state index in [0.717, 1.165) is 52.7 Å². The fourth-order valence-electron chi connectivity index (χ4n) is 3.29. The van der Waals surface area contributed by atoms with Gasteiger partial charge < -0.3 is 14.8 Å². The van der Waals surface area contributed by atoms with Crippen molar-refractivity contribution in [2.24, 2.45) is 0 Å². The van der Waals surface area contributed by atoms with Gasteiger partial charge >= 0.3 is 0 Å². The van der Waals surface area contributed by atoms with Gasteiger partial charge in [0.15, 0.2) is 11.5 Å². The van der Waals surface area contributed by atoms with Crippen LogP contribution < -0.4 is 14.8 Å². The lowest BCUT2D eigenvalue weighted by Crippen LogP contribution is -2.15. The molecule has 0 spiro atoms. The average molecular weight is 389 g/mol. The lowest BCUT2D eigenvalue weighted by molar-refractivity contribution is -0.116. The molecule has 0 saturated heterocycles. The van der Waals surface area contributed by atoms with E-state index in [9.17, 15) is 4.79 Å². The van der Waals surface area contributed by atoms with Crippen LogP contribution in [0.2, 0.25) is 0 Å². The van der Waals surface area contributed by atoms with Crippen LogP contribution in [-0.4, -0.2) is 29.1 Å². The summed E-state index contributed by atoms with van der Waals surface area (Å²) in [4.78, 5) is 20.9. The van der Waals surface area contributed by atoms with Crippen LogP contribution in [0, 0.1) is 6.92 Å². The number of hydrogen-bond donors (Lipinski definition) is 1. The number of hydrogen-bond acceptors (Lipinski definition) is 5. The van der Waals surface area contributed by atoms with Crippen molar-refractivity contribution >= 4 is 11.6 Å². The molecule has 3 aromatic rings. The molecule has 0 atom stereocenters. The zero-order valence-electron chi connectivity index (χ0n) is 16.4. The van der Waals surface area contributed by atoms with Crippen LogP contribution in [0.5, 0.6) is 11.5 Å². The van der Waals surface area contributed by atoms with Crippen molar-refractivity contribution < 1.29 is 14.3 Å². The van der Waals surface area contributed by atoms with E-state index in [4.69, 9.17) is 9.47 Å². The number of anilines is 1. The summed E-state index contributed by atoms with van der Waals surface area (Å²) in [5, 5.41) is 2.98. The third kappa shape index (κ3) is 4.90. The number of amides is 1. The average Bonchev–Trinajstić information content (AvgIpc) is 2.74. The highest BCUT2D eigenvalue weighted by molar-refractivity contribution is 5.91. The largest absolute Gasteiger partial charge is 0.486 e. The number of ether oxygens (including phenoxy) is 2. The van der Waals surface area contributed by atoms with Gasteiger partial charge in [0.2, 0.25) is 5.91 Å². The Morgan fingerprint density at radius 2 is 1.93 bits per heavy atom. The molecule has 0 bridgehead atoms. The SMILES string of the molecule is Cc1nccc(-c2cccc(NC(=O)CCCc3ccc4c(c3)OCCO4)c2)n1.